The molecule has 0 aromatic carbocycles. The van der Waals surface area contributed by atoms with Gasteiger partial charge in [0.05, 0.1) is 17.7 Å². The lowest BCUT2D eigenvalue weighted by Crippen LogP contribution is -2.18. The summed E-state index contributed by atoms with van der Waals surface area (Å²) in [5, 5.41) is 0.350. The zero-order chi connectivity index (χ0) is 15.5. The minimum atomic E-state index is -0.635. The van der Waals surface area contributed by atoms with Crippen LogP contribution >= 0.6 is 0 Å². The van der Waals surface area contributed by atoms with Gasteiger partial charge in [-0.15, -0.1) is 0 Å². The lowest BCUT2D eigenvalue weighted by molar-refractivity contribution is 0.0524. The molecule has 0 aliphatic heterocycles. The van der Waals surface area contributed by atoms with E-state index in [1.807, 2.05) is 12.1 Å². The highest BCUT2D eigenvalue weighted by molar-refractivity contribution is 5.93. The Morgan fingerprint density at radius 1 is 1.23 bits per heavy atom. The van der Waals surface area contributed by atoms with E-state index in [1.54, 1.807) is 31.5 Å². The van der Waals surface area contributed by atoms with Crippen molar-refractivity contribution >= 4 is 17.0 Å². The van der Waals surface area contributed by atoms with Crippen molar-refractivity contribution in [2.75, 3.05) is 6.61 Å². The number of hydrogen-bond acceptors (Lipinski definition) is 5. The summed E-state index contributed by atoms with van der Waals surface area (Å²) < 4.78 is 4.86. The van der Waals surface area contributed by atoms with Crippen molar-refractivity contribution < 1.29 is 9.53 Å². The Labute approximate surface area is 125 Å². The number of aromatic amines is 1. The second-order valence-corrected chi connectivity index (χ2v) is 4.58. The summed E-state index contributed by atoms with van der Waals surface area (Å²) in [6.07, 6.45) is 4.69. The van der Waals surface area contributed by atoms with Crippen LogP contribution < -0.4 is 5.43 Å². The highest BCUT2D eigenvalue weighted by atomic mass is 16.5. The van der Waals surface area contributed by atoms with Crippen LogP contribution in [0.3, 0.4) is 0 Å². The Morgan fingerprint density at radius 2 is 2.00 bits per heavy atom. The van der Waals surface area contributed by atoms with Gasteiger partial charge < -0.3 is 9.72 Å². The van der Waals surface area contributed by atoms with Crippen molar-refractivity contribution in [1.82, 2.24) is 15.0 Å². The van der Waals surface area contributed by atoms with E-state index in [0.29, 0.717) is 11.0 Å². The Balaban J connectivity index is 2.11. The zero-order valence-electron chi connectivity index (χ0n) is 11.9. The summed E-state index contributed by atoms with van der Waals surface area (Å²) >= 11 is 0. The van der Waals surface area contributed by atoms with Crippen LogP contribution in [0.5, 0.6) is 0 Å². The standard InChI is InChI=1S/C16H13N3O3/c1-2-22-16(21)12-9-18-15-11(14(12)20)3-4-13(19-15)10-5-7-17-8-6-10/h3-9H,2H2,1H3,(H,18,19,20). The second kappa shape index (κ2) is 5.77. The predicted molar refractivity (Wildman–Crippen MR) is 81.6 cm³/mol. The number of ether oxygens (including phenoxy) is 1. The molecule has 0 aliphatic carbocycles. The van der Waals surface area contributed by atoms with Gasteiger partial charge in [0, 0.05) is 24.2 Å². The molecule has 6 heteroatoms. The highest BCUT2D eigenvalue weighted by Crippen LogP contribution is 2.18. The topological polar surface area (TPSA) is 84.9 Å². The maximum absolute atomic E-state index is 12.3. The molecule has 3 rings (SSSR count). The molecule has 0 fully saturated rings. The first kappa shape index (κ1) is 13.9. The molecular formula is C16H13N3O3. The largest absolute Gasteiger partial charge is 0.462 e. The number of aromatic nitrogens is 3. The number of pyridine rings is 3. The summed E-state index contributed by atoms with van der Waals surface area (Å²) in [4.78, 5) is 35.3. The van der Waals surface area contributed by atoms with Crippen molar-refractivity contribution in [3.05, 3.63) is 58.6 Å². The molecule has 0 unspecified atom stereocenters. The number of nitrogens with one attached hydrogen (secondary N) is 1. The van der Waals surface area contributed by atoms with E-state index >= 15 is 0 Å². The minimum Gasteiger partial charge on any atom is -0.462 e. The van der Waals surface area contributed by atoms with E-state index in [2.05, 4.69) is 15.0 Å². The van der Waals surface area contributed by atoms with Gasteiger partial charge in [-0.05, 0) is 31.2 Å². The number of H-pyrrole nitrogens is 1. The molecule has 3 aromatic heterocycles. The van der Waals surface area contributed by atoms with Gasteiger partial charge >= 0.3 is 5.97 Å². The van der Waals surface area contributed by atoms with Gasteiger partial charge in [0.2, 0.25) is 5.43 Å². The molecule has 0 saturated heterocycles. The summed E-state index contributed by atoms with van der Waals surface area (Å²) in [5.41, 5.74) is 1.63. The number of nitrogens with zero attached hydrogens (tertiary/aromatic N) is 2. The number of hydrogen-bond donors (Lipinski definition) is 1. The van der Waals surface area contributed by atoms with Gasteiger partial charge in [0.1, 0.15) is 11.2 Å². The van der Waals surface area contributed by atoms with E-state index < -0.39 is 5.97 Å². The van der Waals surface area contributed by atoms with Gasteiger partial charge in [-0.2, -0.15) is 0 Å². The maximum atomic E-state index is 12.3. The monoisotopic (exact) mass is 295 g/mol. The first-order valence-electron chi connectivity index (χ1n) is 6.80. The molecule has 0 spiro atoms. The third-order valence-corrected chi connectivity index (χ3v) is 3.21. The van der Waals surface area contributed by atoms with Gasteiger partial charge in [-0.3, -0.25) is 9.78 Å². The molecule has 0 aliphatic rings. The minimum absolute atomic E-state index is 0.0205. The van der Waals surface area contributed by atoms with E-state index in [0.717, 1.165) is 11.3 Å². The normalized spacial score (nSPS) is 10.6. The zero-order valence-corrected chi connectivity index (χ0v) is 11.9. The average molecular weight is 295 g/mol. The molecule has 22 heavy (non-hydrogen) atoms. The maximum Gasteiger partial charge on any atom is 0.343 e. The summed E-state index contributed by atoms with van der Waals surface area (Å²) in [6, 6.07) is 7.06. The van der Waals surface area contributed by atoms with Crippen LogP contribution in [0.25, 0.3) is 22.3 Å². The van der Waals surface area contributed by atoms with Crippen LogP contribution in [-0.4, -0.2) is 27.5 Å². The molecule has 0 amide bonds. The summed E-state index contributed by atoms with van der Waals surface area (Å²) in [7, 11) is 0. The molecule has 0 atom stereocenters. The highest BCUT2D eigenvalue weighted by Gasteiger charge is 2.14. The Hall–Kier alpha value is -3.02. The van der Waals surface area contributed by atoms with Crippen molar-refractivity contribution in [2.24, 2.45) is 0 Å². The summed E-state index contributed by atoms with van der Waals surface area (Å²) in [5.74, 6) is -0.635. The number of carbonyl (C=O) groups excluding carboxylic acids is 1. The smallest absolute Gasteiger partial charge is 0.343 e. The van der Waals surface area contributed by atoms with Gasteiger partial charge in [-0.1, -0.05) is 0 Å². The third-order valence-electron chi connectivity index (χ3n) is 3.21. The quantitative estimate of drug-likeness (QED) is 0.748. The Kier molecular flexibility index (Phi) is 3.65. The number of rotatable bonds is 3. The lowest BCUT2D eigenvalue weighted by Gasteiger charge is -2.05. The van der Waals surface area contributed by atoms with E-state index in [1.165, 1.54) is 6.20 Å². The molecule has 1 N–H and O–H groups in total. The van der Waals surface area contributed by atoms with Gasteiger partial charge in [-0.25, -0.2) is 9.78 Å². The Bertz CT molecular complexity index is 888. The van der Waals surface area contributed by atoms with E-state index in [4.69, 9.17) is 4.74 Å². The summed E-state index contributed by atoms with van der Waals surface area (Å²) in [6.45, 7) is 1.91. The van der Waals surface area contributed by atoms with Crippen LogP contribution in [0.4, 0.5) is 0 Å². The SMILES string of the molecule is CCOC(=O)c1c[nH]c2nc(-c3ccncc3)ccc2c1=O. The van der Waals surface area contributed by atoms with Gasteiger partial charge in [0.15, 0.2) is 0 Å². The fourth-order valence-corrected chi connectivity index (χ4v) is 2.15. The fraction of sp³-hybridized carbons (Fsp3) is 0.125. The van der Waals surface area contributed by atoms with Gasteiger partial charge in [0.25, 0.3) is 0 Å². The van der Waals surface area contributed by atoms with E-state index in [-0.39, 0.29) is 17.6 Å². The van der Waals surface area contributed by atoms with Crippen LogP contribution in [0.1, 0.15) is 17.3 Å². The van der Waals surface area contributed by atoms with E-state index in [9.17, 15) is 9.59 Å². The fourth-order valence-electron chi connectivity index (χ4n) is 2.15. The number of carbonyl (C=O) groups is 1. The van der Waals surface area contributed by atoms with Crippen LogP contribution in [0.15, 0.2) is 47.7 Å². The predicted octanol–water partition coefficient (Wildman–Crippen LogP) is 2.16. The van der Waals surface area contributed by atoms with Crippen molar-refractivity contribution in [3.8, 4) is 11.3 Å². The molecule has 0 bridgehead atoms. The molecule has 110 valence electrons. The lowest BCUT2D eigenvalue weighted by atomic mass is 10.1. The second-order valence-electron chi connectivity index (χ2n) is 4.58. The Morgan fingerprint density at radius 3 is 2.73 bits per heavy atom. The molecule has 0 radical (unpaired) electrons. The molecule has 3 aromatic rings. The first-order chi connectivity index (χ1) is 10.7. The number of fused-ring (bicyclic) bond motifs is 1. The molecule has 6 nitrogen and oxygen atoms in total. The number of esters is 1. The van der Waals surface area contributed by atoms with Crippen molar-refractivity contribution in [2.45, 2.75) is 6.92 Å². The van der Waals surface area contributed by atoms with Crippen LogP contribution in [0, 0.1) is 0 Å². The van der Waals surface area contributed by atoms with Crippen LogP contribution in [-0.2, 0) is 4.74 Å². The van der Waals surface area contributed by atoms with Crippen molar-refractivity contribution in [3.63, 3.8) is 0 Å². The molecular weight excluding hydrogens is 282 g/mol. The van der Waals surface area contributed by atoms with Crippen LogP contribution in [0.2, 0.25) is 0 Å². The molecule has 3 heterocycles. The average Bonchev–Trinajstić information content (AvgIpc) is 2.56. The first-order valence-corrected chi connectivity index (χ1v) is 6.80. The molecule has 0 saturated carbocycles. The third kappa shape index (κ3) is 2.46. The van der Waals surface area contributed by atoms with Crippen molar-refractivity contribution in [1.29, 1.82) is 0 Å².